The van der Waals surface area contributed by atoms with E-state index in [0.717, 1.165) is 32.9 Å². The van der Waals surface area contributed by atoms with Gasteiger partial charge in [-0.15, -0.1) is 0 Å². The van der Waals surface area contributed by atoms with E-state index in [1.807, 2.05) is 48.5 Å². The molecule has 0 aliphatic carbocycles. The van der Waals surface area contributed by atoms with Gasteiger partial charge in [-0.2, -0.15) is 10.2 Å². The minimum Gasteiger partial charge on any atom is -0.478 e. The van der Waals surface area contributed by atoms with Gasteiger partial charge >= 0.3 is 11.9 Å². The number of fused-ring (bicyclic) bond motifs is 2. The lowest BCUT2D eigenvalue weighted by Crippen LogP contribution is -2.04. The van der Waals surface area contributed by atoms with Crippen molar-refractivity contribution >= 4 is 56.9 Å². The number of aromatic carboxylic acids is 1. The van der Waals surface area contributed by atoms with Gasteiger partial charge in [0.05, 0.1) is 64.3 Å². The van der Waals surface area contributed by atoms with Crippen LogP contribution in [-0.4, -0.2) is 53.2 Å². The number of aromatic nitrogens is 6. The van der Waals surface area contributed by atoms with Gasteiger partial charge in [-0.25, -0.2) is 9.59 Å². The Morgan fingerprint density at radius 3 is 1.74 bits per heavy atom. The highest BCUT2D eigenvalue weighted by atomic mass is 35.5. The maximum absolute atomic E-state index is 11.6. The Balaban J connectivity index is 0.000000169. The van der Waals surface area contributed by atoms with Crippen LogP contribution in [0.1, 0.15) is 38.8 Å². The van der Waals surface area contributed by atoms with Gasteiger partial charge in [-0.1, -0.05) is 35.3 Å². The highest BCUT2D eigenvalue weighted by molar-refractivity contribution is 6.31. The molecule has 0 unspecified atom stereocenters. The van der Waals surface area contributed by atoms with Crippen LogP contribution in [0, 0.1) is 0 Å². The molecule has 0 spiro atoms. The standard InChI is InChI=1S/C16H14ClN3O2.C14H10ClN3O2/c1-2-22-16(21)13-7-19-20(10-13)9-11-3-4-15-12(5-11)6-14(17)8-18-15;15-12-4-10-3-9(1-2-13(10)16-6-12)7-18-8-11(5-17-18)14(19)20/h3-8,10H,2,9H2,1H3;1-6,8H,7H2,(H,19,20). The molecule has 42 heavy (non-hydrogen) atoms. The number of carbonyl (C=O) groups is 2. The van der Waals surface area contributed by atoms with Crippen molar-refractivity contribution in [3.8, 4) is 0 Å². The third-order valence-electron chi connectivity index (χ3n) is 6.14. The highest BCUT2D eigenvalue weighted by Crippen LogP contribution is 2.20. The second kappa shape index (κ2) is 12.8. The van der Waals surface area contributed by atoms with E-state index in [0.29, 0.717) is 35.3 Å². The van der Waals surface area contributed by atoms with E-state index < -0.39 is 5.97 Å². The summed E-state index contributed by atoms with van der Waals surface area (Å²) in [7, 11) is 0. The van der Waals surface area contributed by atoms with Crippen molar-refractivity contribution in [2.75, 3.05) is 6.61 Å². The van der Waals surface area contributed by atoms with Gasteiger partial charge in [0.15, 0.2) is 0 Å². The molecule has 4 heterocycles. The zero-order chi connectivity index (χ0) is 29.6. The molecule has 0 aliphatic heterocycles. The van der Waals surface area contributed by atoms with Crippen molar-refractivity contribution in [1.82, 2.24) is 29.5 Å². The van der Waals surface area contributed by atoms with Crippen molar-refractivity contribution in [3.05, 3.63) is 118 Å². The normalized spacial score (nSPS) is 10.8. The number of esters is 1. The minimum absolute atomic E-state index is 0.176. The van der Waals surface area contributed by atoms with Crippen LogP contribution < -0.4 is 0 Å². The molecular weight excluding hydrogens is 579 g/mol. The zero-order valence-corrected chi connectivity index (χ0v) is 23.8. The number of carboxylic acid groups (broad SMARTS) is 1. The van der Waals surface area contributed by atoms with E-state index in [-0.39, 0.29) is 11.5 Å². The van der Waals surface area contributed by atoms with E-state index in [1.54, 1.807) is 34.9 Å². The van der Waals surface area contributed by atoms with Crippen molar-refractivity contribution in [1.29, 1.82) is 0 Å². The molecule has 0 radical (unpaired) electrons. The summed E-state index contributed by atoms with van der Waals surface area (Å²) in [5.74, 6) is -1.34. The number of carboxylic acids is 1. The lowest BCUT2D eigenvalue weighted by Gasteiger charge is -2.04. The molecule has 6 aromatic rings. The molecule has 0 atom stereocenters. The highest BCUT2D eigenvalue weighted by Gasteiger charge is 2.10. The van der Waals surface area contributed by atoms with Crippen LogP contribution in [0.25, 0.3) is 21.8 Å². The number of hydrogen-bond acceptors (Lipinski definition) is 7. The number of halogens is 2. The molecule has 10 nitrogen and oxygen atoms in total. The van der Waals surface area contributed by atoms with Crippen molar-refractivity contribution in [2.45, 2.75) is 20.0 Å². The van der Waals surface area contributed by atoms with E-state index in [9.17, 15) is 9.59 Å². The van der Waals surface area contributed by atoms with Gasteiger partial charge in [-0.3, -0.25) is 19.3 Å². The Morgan fingerprint density at radius 2 is 1.26 bits per heavy atom. The summed E-state index contributed by atoms with van der Waals surface area (Å²) < 4.78 is 8.23. The van der Waals surface area contributed by atoms with Crippen molar-refractivity contribution in [2.24, 2.45) is 0 Å². The van der Waals surface area contributed by atoms with E-state index in [2.05, 4.69) is 20.2 Å². The fourth-order valence-electron chi connectivity index (χ4n) is 4.21. The Labute approximate surface area is 250 Å². The van der Waals surface area contributed by atoms with E-state index in [1.165, 1.54) is 18.6 Å². The SMILES string of the molecule is CCOC(=O)c1cnn(Cc2ccc3ncc(Cl)cc3c2)c1.O=C(O)c1cnn(Cc2ccc3ncc(Cl)cc3c2)c1. The number of ether oxygens (including phenoxy) is 1. The fourth-order valence-corrected chi connectivity index (χ4v) is 4.54. The third-order valence-corrected chi connectivity index (χ3v) is 6.55. The van der Waals surface area contributed by atoms with Gasteiger partial charge in [0, 0.05) is 35.6 Å². The molecule has 0 saturated carbocycles. The summed E-state index contributed by atoms with van der Waals surface area (Å²) in [4.78, 5) is 30.9. The molecule has 2 aromatic carbocycles. The molecule has 1 N–H and O–H groups in total. The first-order valence-corrected chi connectivity index (χ1v) is 13.6. The van der Waals surface area contributed by atoms with Crippen LogP contribution in [-0.2, 0) is 17.8 Å². The summed E-state index contributed by atoms with van der Waals surface area (Å²) >= 11 is 11.9. The van der Waals surface area contributed by atoms with E-state index >= 15 is 0 Å². The summed E-state index contributed by atoms with van der Waals surface area (Å²) in [6.07, 6.45) is 9.26. The average molecular weight is 603 g/mol. The Kier molecular flexibility index (Phi) is 8.75. The van der Waals surface area contributed by atoms with Gasteiger partial charge in [0.2, 0.25) is 0 Å². The molecule has 212 valence electrons. The topological polar surface area (TPSA) is 125 Å². The quantitative estimate of drug-likeness (QED) is 0.216. The molecule has 0 fully saturated rings. The predicted octanol–water partition coefficient (Wildman–Crippen LogP) is 6.14. The number of hydrogen-bond donors (Lipinski definition) is 1. The summed E-state index contributed by atoms with van der Waals surface area (Å²) in [5, 5.41) is 20.2. The number of nitrogens with zero attached hydrogens (tertiary/aromatic N) is 6. The van der Waals surface area contributed by atoms with Gasteiger partial charge < -0.3 is 9.84 Å². The lowest BCUT2D eigenvalue weighted by atomic mass is 10.1. The van der Waals surface area contributed by atoms with Crippen molar-refractivity contribution in [3.63, 3.8) is 0 Å². The average Bonchev–Trinajstić information content (AvgIpc) is 3.63. The second-order valence-corrected chi connectivity index (χ2v) is 10.1. The summed E-state index contributed by atoms with van der Waals surface area (Å²) in [6, 6.07) is 15.5. The van der Waals surface area contributed by atoms with Crippen LogP contribution in [0.15, 0.2) is 85.7 Å². The third kappa shape index (κ3) is 7.09. The summed E-state index contributed by atoms with van der Waals surface area (Å²) in [6.45, 7) is 3.18. The Morgan fingerprint density at radius 1 is 0.762 bits per heavy atom. The number of pyridine rings is 2. The van der Waals surface area contributed by atoms with Crippen LogP contribution in [0.4, 0.5) is 0 Å². The Hall–Kier alpha value is -4.80. The monoisotopic (exact) mass is 602 g/mol. The van der Waals surface area contributed by atoms with Crippen LogP contribution in [0.2, 0.25) is 10.0 Å². The van der Waals surface area contributed by atoms with Crippen molar-refractivity contribution < 1.29 is 19.4 Å². The predicted molar refractivity (Wildman–Crippen MR) is 159 cm³/mol. The second-order valence-electron chi connectivity index (χ2n) is 9.24. The smallest absolute Gasteiger partial charge is 0.341 e. The molecule has 12 heteroatoms. The first kappa shape index (κ1) is 28.7. The molecule has 4 aromatic heterocycles. The first-order valence-electron chi connectivity index (χ1n) is 12.8. The first-order chi connectivity index (χ1) is 20.3. The zero-order valence-electron chi connectivity index (χ0n) is 22.3. The van der Waals surface area contributed by atoms with Gasteiger partial charge in [0.1, 0.15) is 0 Å². The maximum atomic E-state index is 11.6. The molecular formula is C30H24Cl2N6O4. The molecule has 6 rings (SSSR count). The van der Waals surface area contributed by atoms with Gasteiger partial charge in [0.25, 0.3) is 0 Å². The van der Waals surface area contributed by atoms with Gasteiger partial charge in [-0.05, 0) is 54.4 Å². The fraction of sp³-hybridized carbons (Fsp3) is 0.133. The Bertz CT molecular complexity index is 1900. The largest absolute Gasteiger partial charge is 0.478 e. The molecule has 0 bridgehead atoms. The lowest BCUT2D eigenvalue weighted by molar-refractivity contribution is 0.0525. The maximum Gasteiger partial charge on any atom is 0.341 e. The molecule has 0 amide bonds. The summed E-state index contributed by atoms with van der Waals surface area (Å²) in [5.41, 5.74) is 4.44. The van der Waals surface area contributed by atoms with E-state index in [4.69, 9.17) is 33.0 Å². The van der Waals surface area contributed by atoms with Crippen LogP contribution >= 0.6 is 23.2 Å². The number of carbonyl (C=O) groups excluding carboxylic acids is 1. The number of benzene rings is 2. The minimum atomic E-state index is -0.981. The van der Waals surface area contributed by atoms with Crippen LogP contribution in [0.3, 0.4) is 0 Å². The van der Waals surface area contributed by atoms with Crippen LogP contribution in [0.5, 0.6) is 0 Å². The molecule has 0 saturated heterocycles. The number of rotatable bonds is 7. The molecule has 0 aliphatic rings.